The van der Waals surface area contributed by atoms with E-state index in [2.05, 4.69) is 71.9 Å². The molecule has 0 heterocycles. The minimum atomic E-state index is 0.509. The Hall–Kier alpha value is -1.50. The fraction of sp³-hybridized carbons (Fsp3) is 0.615. The van der Waals surface area contributed by atoms with Crippen molar-refractivity contribution in [2.45, 2.75) is 67.2 Å². The van der Waals surface area contributed by atoms with E-state index in [4.69, 9.17) is 0 Å². The van der Waals surface area contributed by atoms with Crippen LogP contribution in [0, 0.1) is 35.5 Å². The molecule has 0 saturated carbocycles. The Morgan fingerprint density at radius 3 is 1.52 bits per heavy atom. The number of rotatable bonds is 4. The summed E-state index contributed by atoms with van der Waals surface area (Å²) in [5, 5.41) is 11.4. The monoisotopic (exact) mass is 366 g/mol. The zero-order valence-corrected chi connectivity index (χ0v) is 18.1. The van der Waals surface area contributed by atoms with Gasteiger partial charge in [0.2, 0.25) is 0 Å². The second-order valence-corrected chi connectivity index (χ2v) is 9.76. The van der Waals surface area contributed by atoms with Crippen molar-refractivity contribution >= 4 is 11.1 Å². The Balaban J connectivity index is 2.08. The van der Waals surface area contributed by atoms with Crippen molar-refractivity contribution < 1.29 is 5.11 Å². The van der Waals surface area contributed by atoms with Crippen LogP contribution in [0.1, 0.15) is 78.4 Å². The summed E-state index contributed by atoms with van der Waals surface area (Å²) in [6.07, 6.45) is 9.80. The SMILES string of the molecule is CC(C)[C@H]1CC[C@H](C)C=C1c1cccc(C2=C[C@@H](C)CC[C@@H]2C(C)C)c1O. The van der Waals surface area contributed by atoms with Gasteiger partial charge in [0.05, 0.1) is 0 Å². The standard InChI is InChI=1S/C26H38O/c1-16(2)20-12-10-18(5)14-24(20)22-8-7-9-23(26(22)27)25-15-19(6)11-13-21(25)17(3)4/h7-9,14-21,27H,10-13H2,1-6H3/t18-,19-,20+,21+/m0/s1. The van der Waals surface area contributed by atoms with E-state index in [-0.39, 0.29) is 0 Å². The van der Waals surface area contributed by atoms with Crippen LogP contribution in [-0.4, -0.2) is 5.11 Å². The molecule has 0 radical (unpaired) electrons. The molecule has 1 N–H and O–H groups in total. The molecule has 1 aromatic rings. The fourth-order valence-corrected chi connectivity index (χ4v) is 5.20. The van der Waals surface area contributed by atoms with E-state index < -0.39 is 0 Å². The van der Waals surface area contributed by atoms with Crippen molar-refractivity contribution in [2.75, 3.05) is 0 Å². The molecule has 3 rings (SSSR count). The average molecular weight is 367 g/mol. The van der Waals surface area contributed by atoms with Gasteiger partial charge in [-0.2, -0.15) is 0 Å². The lowest BCUT2D eigenvalue weighted by molar-refractivity contribution is 0.391. The zero-order chi connectivity index (χ0) is 19.7. The molecular formula is C26H38O. The molecule has 0 spiro atoms. The number of phenols is 1. The zero-order valence-electron chi connectivity index (χ0n) is 18.1. The first-order valence-corrected chi connectivity index (χ1v) is 11.1. The van der Waals surface area contributed by atoms with E-state index in [1.807, 2.05) is 0 Å². The van der Waals surface area contributed by atoms with Crippen LogP contribution >= 0.6 is 0 Å². The second kappa shape index (κ2) is 8.25. The minimum Gasteiger partial charge on any atom is -0.507 e. The molecule has 0 bridgehead atoms. The Bertz CT molecular complexity index is 663. The van der Waals surface area contributed by atoms with Crippen LogP contribution in [0.5, 0.6) is 5.75 Å². The Morgan fingerprint density at radius 2 is 1.15 bits per heavy atom. The lowest BCUT2D eigenvalue weighted by Gasteiger charge is -2.33. The predicted octanol–water partition coefficient (Wildman–Crippen LogP) is 7.56. The molecule has 0 amide bonds. The van der Waals surface area contributed by atoms with E-state index in [1.165, 1.54) is 36.8 Å². The molecule has 0 fully saturated rings. The molecule has 0 unspecified atom stereocenters. The van der Waals surface area contributed by atoms with Crippen LogP contribution in [0.15, 0.2) is 30.4 Å². The molecule has 0 saturated heterocycles. The first-order chi connectivity index (χ1) is 12.8. The molecule has 4 atom stereocenters. The van der Waals surface area contributed by atoms with Crippen LogP contribution in [0.25, 0.3) is 11.1 Å². The number of phenolic OH excluding ortho intramolecular Hbond substituents is 1. The van der Waals surface area contributed by atoms with Crippen molar-refractivity contribution in [3.8, 4) is 5.75 Å². The highest BCUT2D eigenvalue weighted by Gasteiger charge is 2.30. The first kappa shape index (κ1) is 20.2. The number of allylic oxidation sites excluding steroid dienone is 4. The van der Waals surface area contributed by atoms with Crippen molar-refractivity contribution in [2.24, 2.45) is 35.5 Å². The van der Waals surface area contributed by atoms with Crippen LogP contribution in [-0.2, 0) is 0 Å². The summed E-state index contributed by atoms with van der Waals surface area (Å²) in [5.41, 5.74) is 4.88. The summed E-state index contributed by atoms with van der Waals surface area (Å²) in [7, 11) is 0. The van der Waals surface area contributed by atoms with Crippen molar-refractivity contribution in [1.29, 1.82) is 0 Å². The first-order valence-electron chi connectivity index (χ1n) is 11.1. The molecule has 0 aliphatic heterocycles. The van der Waals surface area contributed by atoms with Crippen LogP contribution < -0.4 is 0 Å². The third-order valence-corrected chi connectivity index (χ3v) is 6.86. The van der Waals surface area contributed by atoms with Gasteiger partial charge in [0, 0.05) is 11.1 Å². The van der Waals surface area contributed by atoms with Gasteiger partial charge in [-0.1, -0.05) is 71.9 Å². The maximum Gasteiger partial charge on any atom is 0.130 e. The summed E-state index contributed by atoms with van der Waals surface area (Å²) in [5.74, 6) is 3.98. The van der Waals surface area contributed by atoms with E-state index in [0.717, 1.165) is 11.1 Å². The number of benzene rings is 1. The molecular weight excluding hydrogens is 328 g/mol. The molecule has 2 aliphatic rings. The lowest BCUT2D eigenvalue weighted by atomic mass is 9.72. The molecule has 1 nitrogen and oxygen atoms in total. The number of hydrogen-bond donors (Lipinski definition) is 1. The van der Waals surface area contributed by atoms with Crippen molar-refractivity contribution in [3.63, 3.8) is 0 Å². The van der Waals surface area contributed by atoms with E-state index >= 15 is 0 Å². The molecule has 0 aromatic heterocycles. The van der Waals surface area contributed by atoms with E-state index in [0.29, 0.717) is 41.3 Å². The highest BCUT2D eigenvalue weighted by Crippen LogP contribution is 2.47. The minimum absolute atomic E-state index is 0.509. The maximum absolute atomic E-state index is 11.4. The van der Waals surface area contributed by atoms with Crippen LogP contribution in [0.3, 0.4) is 0 Å². The van der Waals surface area contributed by atoms with E-state index in [9.17, 15) is 5.11 Å². The van der Waals surface area contributed by atoms with Gasteiger partial charge >= 0.3 is 0 Å². The summed E-state index contributed by atoms with van der Waals surface area (Å²) in [6, 6.07) is 6.42. The average Bonchev–Trinajstić information content (AvgIpc) is 2.61. The van der Waals surface area contributed by atoms with Gasteiger partial charge in [0.25, 0.3) is 0 Å². The van der Waals surface area contributed by atoms with Gasteiger partial charge in [-0.25, -0.2) is 0 Å². The topological polar surface area (TPSA) is 20.2 Å². The quantitative estimate of drug-likeness (QED) is 0.583. The number of para-hydroxylation sites is 1. The third-order valence-electron chi connectivity index (χ3n) is 6.86. The largest absolute Gasteiger partial charge is 0.507 e. The van der Waals surface area contributed by atoms with Gasteiger partial charge in [0.15, 0.2) is 0 Å². The van der Waals surface area contributed by atoms with Crippen LogP contribution in [0.2, 0.25) is 0 Å². The van der Waals surface area contributed by atoms with Crippen LogP contribution in [0.4, 0.5) is 0 Å². The summed E-state index contributed by atoms with van der Waals surface area (Å²) in [6.45, 7) is 13.9. The summed E-state index contributed by atoms with van der Waals surface area (Å²) < 4.78 is 0. The molecule has 148 valence electrons. The Kier molecular flexibility index (Phi) is 6.18. The highest BCUT2D eigenvalue weighted by molar-refractivity contribution is 5.81. The third kappa shape index (κ3) is 4.18. The Labute approximate surface area is 166 Å². The summed E-state index contributed by atoms with van der Waals surface area (Å²) >= 11 is 0. The van der Waals surface area contributed by atoms with Gasteiger partial charge < -0.3 is 5.11 Å². The van der Waals surface area contributed by atoms with Gasteiger partial charge in [0.1, 0.15) is 5.75 Å². The van der Waals surface area contributed by atoms with Crippen molar-refractivity contribution in [1.82, 2.24) is 0 Å². The predicted molar refractivity (Wildman–Crippen MR) is 118 cm³/mol. The smallest absolute Gasteiger partial charge is 0.130 e. The normalized spacial score (nSPS) is 29.0. The summed E-state index contributed by atoms with van der Waals surface area (Å²) in [4.78, 5) is 0. The number of hydrogen-bond acceptors (Lipinski definition) is 1. The molecule has 1 heteroatoms. The molecule has 27 heavy (non-hydrogen) atoms. The fourth-order valence-electron chi connectivity index (χ4n) is 5.20. The van der Waals surface area contributed by atoms with E-state index in [1.54, 1.807) is 0 Å². The van der Waals surface area contributed by atoms with Crippen molar-refractivity contribution in [3.05, 3.63) is 41.5 Å². The van der Waals surface area contributed by atoms with Gasteiger partial charge in [-0.05, 0) is 72.3 Å². The Morgan fingerprint density at radius 1 is 0.741 bits per heavy atom. The highest BCUT2D eigenvalue weighted by atomic mass is 16.3. The number of aromatic hydroxyl groups is 1. The maximum atomic E-state index is 11.4. The second-order valence-electron chi connectivity index (χ2n) is 9.76. The van der Waals surface area contributed by atoms with Gasteiger partial charge in [-0.15, -0.1) is 0 Å². The molecule has 2 aliphatic carbocycles. The van der Waals surface area contributed by atoms with Gasteiger partial charge in [-0.3, -0.25) is 0 Å². The molecule has 1 aromatic carbocycles. The lowest BCUT2D eigenvalue weighted by Crippen LogP contribution is -2.19.